The molecule has 0 heterocycles. The zero-order valence-electron chi connectivity index (χ0n) is 14.0. The highest BCUT2D eigenvalue weighted by molar-refractivity contribution is 5.83. The quantitative estimate of drug-likeness (QED) is 0.433. The normalized spacial score (nSPS) is 10.3. The Balaban J connectivity index is 1.74. The smallest absolute Gasteiger partial charge is 0.277 e. The minimum atomic E-state index is -0.349. The van der Waals surface area contributed by atoms with Crippen LogP contribution in [0.5, 0.6) is 17.2 Å². The third-order valence-corrected chi connectivity index (χ3v) is 3.08. The van der Waals surface area contributed by atoms with Crippen LogP contribution < -0.4 is 19.6 Å². The van der Waals surface area contributed by atoms with Gasteiger partial charge in [-0.2, -0.15) is 5.10 Å². The number of hydrogen-bond acceptors (Lipinski definition) is 5. The average molecular weight is 340 g/mol. The number of benzene rings is 2. The van der Waals surface area contributed by atoms with Crippen LogP contribution in [0, 0.1) is 0 Å². The Kier molecular flexibility index (Phi) is 7.06. The number of hydrazone groups is 1. The molecule has 0 aromatic heterocycles. The van der Waals surface area contributed by atoms with Gasteiger partial charge in [-0.15, -0.1) is 0 Å². The van der Waals surface area contributed by atoms with Gasteiger partial charge in [-0.1, -0.05) is 12.7 Å². The number of carbonyl (C=O) groups excluding carboxylic acids is 1. The highest BCUT2D eigenvalue weighted by Crippen LogP contribution is 2.16. The molecule has 1 amide bonds. The van der Waals surface area contributed by atoms with E-state index < -0.39 is 0 Å². The van der Waals surface area contributed by atoms with E-state index in [1.807, 2.05) is 24.3 Å². The third kappa shape index (κ3) is 6.39. The van der Waals surface area contributed by atoms with E-state index in [2.05, 4.69) is 17.1 Å². The first kappa shape index (κ1) is 18.1. The Hall–Kier alpha value is -3.28. The maximum atomic E-state index is 11.7. The predicted octanol–water partition coefficient (Wildman–Crippen LogP) is 2.79. The Bertz CT molecular complexity index is 709. The molecule has 2 aromatic rings. The summed E-state index contributed by atoms with van der Waals surface area (Å²) in [5, 5.41) is 3.89. The van der Waals surface area contributed by atoms with Gasteiger partial charge >= 0.3 is 0 Å². The summed E-state index contributed by atoms with van der Waals surface area (Å²) in [6.45, 7) is 3.92. The minimum Gasteiger partial charge on any atom is -0.497 e. The second kappa shape index (κ2) is 9.77. The molecule has 2 rings (SSSR count). The van der Waals surface area contributed by atoms with Gasteiger partial charge < -0.3 is 14.2 Å². The molecule has 0 aliphatic heterocycles. The Morgan fingerprint density at radius 2 is 1.64 bits per heavy atom. The fraction of sp³-hybridized carbons (Fsp3) is 0.158. The summed E-state index contributed by atoms with van der Waals surface area (Å²) >= 11 is 0. The first-order valence-electron chi connectivity index (χ1n) is 7.64. The van der Waals surface area contributed by atoms with Crippen molar-refractivity contribution in [2.75, 3.05) is 20.3 Å². The lowest BCUT2D eigenvalue weighted by Crippen LogP contribution is -2.24. The number of carbonyl (C=O) groups is 1. The van der Waals surface area contributed by atoms with Gasteiger partial charge in [0.05, 0.1) is 13.3 Å². The second-order valence-electron chi connectivity index (χ2n) is 4.93. The molecule has 0 aliphatic rings. The van der Waals surface area contributed by atoms with Crippen molar-refractivity contribution in [3.63, 3.8) is 0 Å². The van der Waals surface area contributed by atoms with Crippen molar-refractivity contribution in [3.05, 3.63) is 66.7 Å². The summed E-state index contributed by atoms with van der Waals surface area (Å²) in [5.74, 6) is 1.70. The van der Waals surface area contributed by atoms with E-state index in [0.29, 0.717) is 12.4 Å². The summed E-state index contributed by atoms with van der Waals surface area (Å²) in [6, 6.07) is 14.3. The highest BCUT2D eigenvalue weighted by atomic mass is 16.5. The van der Waals surface area contributed by atoms with Crippen LogP contribution in [0.2, 0.25) is 0 Å². The van der Waals surface area contributed by atoms with Gasteiger partial charge in [-0.05, 0) is 54.1 Å². The Morgan fingerprint density at radius 1 is 1.04 bits per heavy atom. The topological polar surface area (TPSA) is 69.2 Å². The molecule has 1 N–H and O–H groups in total. The molecular weight excluding hydrogens is 320 g/mol. The molecule has 0 saturated carbocycles. The third-order valence-electron chi connectivity index (χ3n) is 3.08. The van der Waals surface area contributed by atoms with Gasteiger partial charge in [-0.25, -0.2) is 5.43 Å². The van der Waals surface area contributed by atoms with E-state index in [9.17, 15) is 4.79 Å². The molecule has 0 bridgehead atoms. The summed E-state index contributed by atoms with van der Waals surface area (Å²) in [7, 11) is 1.59. The molecule has 0 saturated heterocycles. The van der Waals surface area contributed by atoms with Gasteiger partial charge in [0.2, 0.25) is 0 Å². The van der Waals surface area contributed by atoms with Crippen LogP contribution in [-0.4, -0.2) is 32.4 Å². The summed E-state index contributed by atoms with van der Waals surface area (Å²) in [6.07, 6.45) is 3.22. The number of rotatable bonds is 9. The fourth-order valence-electron chi connectivity index (χ4n) is 1.84. The van der Waals surface area contributed by atoms with Gasteiger partial charge in [0.15, 0.2) is 6.61 Å². The van der Waals surface area contributed by atoms with Crippen molar-refractivity contribution in [1.82, 2.24) is 5.43 Å². The monoisotopic (exact) mass is 340 g/mol. The number of hydrogen-bond donors (Lipinski definition) is 1. The summed E-state index contributed by atoms with van der Waals surface area (Å²) < 4.78 is 15.8. The van der Waals surface area contributed by atoms with Gasteiger partial charge in [0.25, 0.3) is 5.91 Å². The summed E-state index contributed by atoms with van der Waals surface area (Å²) in [5.41, 5.74) is 3.24. The molecular formula is C19H20N2O4. The van der Waals surface area contributed by atoms with Crippen molar-refractivity contribution < 1.29 is 19.0 Å². The fourth-order valence-corrected chi connectivity index (χ4v) is 1.84. The zero-order valence-corrected chi connectivity index (χ0v) is 14.0. The predicted molar refractivity (Wildman–Crippen MR) is 96.4 cm³/mol. The minimum absolute atomic E-state index is 0.127. The highest BCUT2D eigenvalue weighted by Gasteiger charge is 2.01. The van der Waals surface area contributed by atoms with Crippen LogP contribution in [-0.2, 0) is 4.79 Å². The Labute approximate surface area is 146 Å². The van der Waals surface area contributed by atoms with Crippen molar-refractivity contribution >= 4 is 12.1 Å². The number of nitrogens with zero attached hydrogens (tertiary/aromatic N) is 1. The summed E-state index contributed by atoms with van der Waals surface area (Å²) in [4.78, 5) is 11.7. The van der Waals surface area contributed by atoms with Crippen LogP contribution in [0.4, 0.5) is 0 Å². The number of nitrogens with one attached hydrogen (secondary N) is 1. The maximum Gasteiger partial charge on any atom is 0.277 e. The van der Waals surface area contributed by atoms with Crippen molar-refractivity contribution in [2.45, 2.75) is 0 Å². The average Bonchev–Trinajstić information content (AvgIpc) is 2.66. The Morgan fingerprint density at radius 3 is 2.28 bits per heavy atom. The number of ether oxygens (including phenoxy) is 3. The van der Waals surface area contributed by atoms with Crippen molar-refractivity contribution in [3.8, 4) is 17.2 Å². The van der Waals surface area contributed by atoms with E-state index in [4.69, 9.17) is 14.2 Å². The van der Waals surface area contributed by atoms with Crippen LogP contribution in [0.3, 0.4) is 0 Å². The van der Waals surface area contributed by atoms with Crippen LogP contribution in [0.1, 0.15) is 5.56 Å². The molecule has 2 aromatic carbocycles. The van der Waals surface area contributed by atoms with Gasteiger partial charge in [-0.3, -0.25) is 4.79 Å². The molecule has 0 unspecified atom stereocenters. The molecule has 0 fully saturated rings. The van der Waals surface area contributed by atoms with Crippen molar-refractivity contribution in [1.29, 1.82) is 0 Å². The number of methoxy groups -OCH3 is 1. The standard InChI is InChI=1S/C19H20N2O4/c1-3-12-24-17-6-4-15(5-7-17)13-20-21-19(22)14-25-18-10-8-16(23-2)9-11-18/h3-11,13H,1,12,14H2,2H3,(H,21,22)/b20-13+. The van der Waals surface area contributed by atoms with Crippen LogP contribution >= 0.6 is 0 Å². The van der Waals surface area contributed by atoms with E-state index in [0.717, 1.165) is 17.1 Å². The first-order chi connectivity index (χ1) is 12.2. The van der Waals surface area contributed by atoms with Gasteiger partial charge in [0.1, 0.15) is 23.9 Å². The molecule has 0 spiro atoms. The molecule has 130 valence electrons. The maximum absolute atomic E-state index is 11.7. The number of amides is 1. The zero-order chi connectivity index (χ0) is 17.9. The van der Waals surface area contributed by atoms with Crippen LogP contribution in [0.25, 0.3) is 0 Å². The largest absolute Gasteiger partial charge is 0.497 e. The van der Waals surface area contributed by atoms with E-state index in [-0.39, 0.29) is 12.5 Å². The van der Waals surface area contributed by atoms with Crippen LogP contribution in [0.15, 0.2) is 66.3 Å². The molecule has 0 aliphatic carbocycles. The lowest BCUT2D eigenvalue weighted by molar-refractivity contribution is -0.123. The van der Waals surface area contributed by atoms with Gasteiger partial charge in [0, 0.05) is 0 Å². The SMILES string of the molecule is C=CCOc1ccc(/C=N/NC(=O)COc2ccc(OC)cc2)cc1. The van der Waals surface area contributed by atoms with E-state index in [1.165, 1.54) is 0 Å². The first-order valence-corrected chi connectivity index (χ1v) is 7.64. The van der Waals surface area contributed by atoms with E-state index in [1.54, 1.807) is 43.7 Å². The lowest BCUT2D eigenvalue weighted by Gasteiger charge is -2.06. The second-order valence-corrected chi connectivity index (χ2v) is 4.93. The molecule has 0 atom stereocenters. The molecule has 0 radical (unpaired) electrons. The molecule has 25 heavy (non-hydrogen) atoms. The molecule has 6 heteroatoms. The van der Waals surface area contributed by atoms with E-state index >= 15 is 0 Å². The molecule has 6 nitrogen and oxygen atoms in total. The lowest BCUT2D eigenvalue weighted by atomic mass is 10.2. The van der Waals surface area contributed by atoms with Crippen molar-refractivity contribution in [2.24, 2.45) is 5.10 Å².